The molecule has 0 spiro atoms. The quantitative estimate of drug-likeness (QED) is 0.435. The van der Waals surface area contributed by atoms with E-state index < -0.39 is 23.0 Å². The SMILES string of the molecule is Cc1ccc(C(=O)N(C(=O)c2ccc(C)cc2)c2ccc(C=C3SC(=O)NC3=O)cc2)cc1. The van der Waals surface area contributed by atoms with Gasteiger partial charge in [0.15, 0.2) is 0 Å². The number of hydrogen-bond acceptors (Lipinski definition) is 5. The molecule has 1 aliphatic rings. The molecule has 164 valence electrons. The number of benzene rings is 3. The van der Waals surface area contributed by atoms with Crippen molar-refractivity contribution in [2.75, 3.05) is 4.90 Å². The second-order valence-corrected chi connectivity index (χ2v) is 8.64. The summed E-state index contributed by atoms with van der Waals surface area (Å²) in [5.41, 5.74) is 3.86. The van der Waals surface area contributed by atoms with Gasteiger partial charge in [0.25, 0.3) is 23.0 Å². The van der Waals surface area contributed by atoms with E-state index in [0.717, 1.165) is 27.8 Å². The van der Waals surface area contributed by atoms with Crippen molar-refractivity contribution in [3.8, 4) is 0 Å². The van der Waals surface area contributed by atoms with E-state index >= 15 is 0 Å². The van der Waals surface area contributed by atoms with Gasteiger partial charge in [-0.15, -0.1) is 0 Å². The molecule has 0 unspecified atom stereocenters. The zero-order valence-corrected chi connectivity index (χ0v) is 18.8. The first-order valence-electron chi connectivity index (χ1n) is 10.2. The zero-order chi connectivity index (χ0) is 23.5. The van der Waals surface area contributed by atoms with Crippen LogP contribution in [0.25, 0.3) is 6.08 Å². The molecule has 0 atom stereocenters. The highest BCUT2D eigenvalue weighted by molar-refractivity contribution is 8.18. The molecule has 4 amide bonds. The van der Waals surface area contributed by atoms with Crippen LogP contribution < -0.4 is 10.2 Å². The van der Waals surface area contributed by atoms with Crippen molar-refractivity contribution in [1.82, 2.24) is 5.32 Å². The number of nitrogens with zero attached hydrogens (tertiary/aromatic N) is 1. The third-order valence-corrected chi connectivity index (χ3v) is 5.90. The minimum Gasteiger partial charge on any atom is -0.282 e. The van der Waals surface area contributed by atoms with Crippen LogP contribution in [-0.2, 0) is 4.79 Å². The lowest BCUT2D eigenvalue weighted by Crippen LogP contribution is -2.37. The number of aryl methyl sites for hydroxylation is 2. The van der Waals surface area contributed by atoms with Gasteiger partial charge in [-0.05, 0) is 73.6 Å². The van der Waals surface area contributed by atoms with Crippen molar-refractivity contribution in [1.29, 1.82) is 0 Å². The lowest BCUT2D eigenvalue weighted by molar-refractivity contribution is -0.115. The normalized spacial score (nSPS) is 14.3. The first-order chi connectivity index (χ1) is 15.8. The average molecular weight is 457 g/mol. The lowest BCUT2D eigenvalue weighted by Gasteiger charge is -2.22. The van der Waals surface area contributed by atoms with E-state index in [1.54, 1.807) is 54.6 Å². The maximum Gasteiger partial charge on any atom is 0.290 e. The number of anilines is 1. The highest BCUT2D eigenvalue weighted by Gasteiger charge is 2.27. The molecule has 1 N–H and O–H groups in total. The van der Waals surface area contributed by atoms with Crippen molar-refractivity contribution in [2.45, 2.75) is 13.8 Å². The van der Waals surface area contributed by atoms with E-state index in [4.69, 9.17) is 0 Å². The van der Waals surface area contributed by atoms with Crippen LogP contribution in [0.2, 0.25) is 0 Å². The topological polar surface area (TPSA) is 83.6 Å². The third-order valence-electron chi connectivity index (χ3n) is 5.09. The van der Waals surface area contributed by atoms with Crippen molar-refractivity contribution in [3.63, 3.8) is 0 Å². The number of thioether (sulfide) groups is 1. The molecule has 1 heterocycles. The fraction of sp³-hybridized carbons (Fsp3) is 0.0769. The monoisotopic (exact) mass is 456 g/mol. The molecular formula is C26H20N2O4S. The van der Waals surface area contributed by atoms with Gasteiger partial charge in [0, 0.05) is 11.1 Å². The molecule has 1 aliphatic heterocycles. The number of carbonyl (C=O) groups excluding carboxylic acids is 4. The largest absolute Gasteiger partial charge is 0.290 e. The Morgan fingerprint density at radius 1 is 0.758 bits per heavy atom. The number of amides is 4. The van der Waals surface area contributed by atoms with E-state index in [9.17, 15) is 19.2 Å². The van der Waals surface area contributed by atoms with E-state index in [-0.39, 0.29) is 4.91 Å². The minimum absolute atomic E-state index is 0.288. The summed E-state index contributed by atoms with van der Waals surface area (Å²) in [6, 6.07) is 20.7. The van der Waals surface area contributed by atoms with E-state index in [0.29, 0.717) is 22.4 Å². The van der Waals surface area contributed by atoms with Gasteiger partial charge in [0.1, 0.15) is 0 Å². The first kappa shape index (κ1) is 22.2. The summed E-state index contributed by atoms with van der Waals surface area (Å²) in [5.74, 6) is -1.33. The van der Waals surface area contributed by atoms with Crippen LogP contribution in [0, 0.1) is 13.8 Å². The van der Waals surface area contributed by atoms with Crippen LogP contribution in [-0.4, -0.2) is 23.0 Å². The van der Waals surface area contributed by atoms with Gasteiger partial charge in [-0.2, -0.15) is 0 Å². The summed E-state index contributed by atoms with van der Waals surface area (Å²) in [7, 11) is 0. The van der Waals surface area contributed by atoms with Crippen molar-refractivity contribution < 1.29 is 19.2 Å². The summed E-state index contributed by atoms with van der Waals surface area (Å²) < 4.78 is 0. The van der Waals surface area contributed by atoms with Gasteiger partial charge in [0.2, 0.25) is 0 Å². The molecule has 0 bridgehead atoms. The second kappa shape index (κ2) is 9.26. The van der Waals surface area contributed by atoms with Crippen molar-refractivity contribution in [2.24, 2.45) is 0 Å². The second-order valence-electron chi connectivity index (χ2n) is 7.62. The van der Waals surface area contributed by atoms with Crippen LogP contribution in [0.3, 0.4) is 0 Å². The molecular weight excluding hydrogens is 436 g/mol. The Morgan fingerprint density at radius 2 is 1.24 bits per heavy atom. The van der Waals surface area contributed by atoms with Crippen LogP contribution in [0.4, 0.5) is 10.5 Å². The summed E-state index contributed by atoms with van der Waals surface area (Å²) in [5, 5.41) is 1.79. The highest BCUT2D eigenvalue weighted by Crippen LogP contribution is 2.27. The molecule has 6 nitrogen and oxygen atoms in total. The summed E-state index contributed by atoms with van der Waals surface area (Å²) in [4.78, 5) is 51.3. The molecule has 33 heavy (non-hydrogen) atoms. The molecule has 0 saturated carbocycles. The number of nitrogens with one attached hydrogen (secondary N) is 1. The van der Waals surface area contributed by atoms with E-state index in [1.165, 1.54) is 0 Å². The minimum atomic E-state index is -0.445. The maximum atomic E-state index is 13.4. The molecule has 7 heteroatoms. The van der Waals surface area contributed by atoms with Crippen molar-refractivity contribution in [3.05, 3.63) is 106 Å². The average Bonchev–Trinajstić information content (AvgIpc) is 3.12. The summed E-state index contributed by atoms with van der Waals surface area (Å²) in [6.45, 7) is 3.85. The van der Waals surface area contributed by atoms with Crippen LogP contribution in [0.1, 0.15) is 37.4 Å². The predicted molar refractivity (Wildman–Crippen MR) is 129 cm³/mol. The van der Waals surface area contributed by atoms with Gasteiger partial charge >= 0.3 is 0 Å². The number of imide groups is 2. The fourth-order valence-electron chi connectivity index (χ4n) is 3.27. The Labute approximate surface area is 195 Å². The Kier molecular flexibility index (Phi) is 6.24. The smallest absolute Gasteiger partial charge is 0.282 e. The van der Waals surface area contributed by atoms with Gasteiger partial charge in [-0.25, -0.2) is 4.90 Å². The highest BCUT2D eigenvalue weighted by atomic mass is 32.2. The Balaban J connectivity index is 1.70. The predicted octanol–water partition coefficient (Wildman–Crippen LogP) is 5.11. The maximum absolute atomic E-state index is 13.4. The van der Waals surface area contributed by atoms with Gasteiger partial charge in [-0.3, -0.25) is 24.5 Å². The molecule has 3 aromatic rings. The van der Waals surface area contributed by atoms with Crippen LogP contribution >= 0.6 is 11.8 Å². The molecule has 1 fully saturated rings. The fourth-order valence-corrected chi connectivity index (χ4v) is 3.95. The Hall–Kier alpha value is -3.97. The number of carbonyl (C=O) groups is 4. The van der Waals surface area contributed by atoms with E-state index in [1.807, 2.05) is 38.1 Å². The molecule has 0 aliphatic carbocycles. The first-order valence-corrected chi connectivity index (χ1v) is 11.0. The summed E-state index contributed by atoms with van der Waals surface area (Å²) in [6.07, 6.45) is 1.59. The molecule has 3 aromatic carbocycles. The standard InChI is InChI=1S/C26H20N2O4S/c1-16-3-9-19(10-4-16)24(30)28(25(31)20-11-5-17(2)6-12-20)21-13-7-18(8-14-21)15-22-23(29)27-26(32)33-22/h3-15H,1-2H3,(H,27,29,32). The summed E-state index contributed by atoms with van der Waals surface area (Å²) >= 11 is 0.828. The number of hydrogen-bond donors (Lipinski definition) is 1. The number of rotatable bonds is 4. The van der Waals surface area contributed by atoms with Crippen LogP contribution in [0.15, 0.2) is 77.7 Å². The van der Waals surface area contributed by atoms with Gasteiger partial charge in [0.05, 0.1) is 10.6 Å². The van der Waals surface area contributed by atoms with E-state index in [2.05, 4.69) is 5.32 Å². The Bertz CT molecular complexity index is 1220. The molecule has 4 rings (SSSR count). The third kappa shape index (κ3) is 4.94. The molecule has 1 saturated heterocycles. The Morgan fingerprint density at radius 3 is 1.67 bits per heavy atom. The molecule has 0 radical (unpaired) electrons. The van der Waals surface area contributed by atoms with Crippen molar-refractivity contribution >= 4 is 46.5 Å². The van der Waals surface area contributed by atoms with Gasteiger partial charge in [-0.1, -0.05) is 47.5 Å². The molecule has 0 aromatic heterocycles. The van der Waals surface area contributed by atoms with Gasteiger partial charge < -0.3 is 0 Å². The lowest BCUT2D eigenvalue weighted by atomic mass is 10.1. The van der Waals surface area contributed by atoms with Crippen LogP contribution in [0.5, 0.6) is 0 Å². The zero-order valence-electron chi connectivity index (χ0n) is 18.0.